The first-order valence-electron chi connectivity index (χ1n) is 6.65. The van der Waals surface area contributed by atoms with Crippen LogP contribution in [0.25, 0.3) is 0 Å². The molecular weight excluding hydrogens is 288 g/mol. The number of nitrogens with one attached hydrogen (secondary N) is 2. The lowest BCUT2D eigenvalue weighted by Crippen LogP contribution is -2.40. The Morgan fingerprint density at radius 3 is 2.26 bits per heavy atom. The Balaban J connectivity index is 2.32. The van der Waals surface area contributed by atoms with Gasteiger partial charge in [-0.25, -0.2) is 21.6 Å². The van der Waals surface area contributed by atoms with Crippen molar-refractivity contribution in [2.75, 3.05) is 24.6 Å². The van der Waals surface area contributed by atoms with Gasteiger partial charge in [0.1, 0.15) is 9.84 Å². The van der Waals surface area contributed by atoms with Gasteiger partial charge in [-0.3, -0.25) is 0 Å². The van der Waals surface area contributed by atoms with E-state index in [2.05, 4.69) is 10.0 Å². The molecular formula is C11H24N2O4S2. The van der Waals surface area contributed by atoms with Crippen LogP contribution in [0.2, 0.25) is 0 Å². The summed E-state index contributed by atoms with van der Waals surface area (Å²) in [4.78, 5) is 0. The van der Waals surface area contributed by atoms with E-state index in [-0.39, 0.29) is 24.3 Å². The van der Waals surface area contributed by atoms with Crippen LogP contribution in [0.15, 0.2) is 0 Å². The van der Waals surface area contributed by atoms with Gasteiger partial charge < -0.3 is 5.32 Å². The van der Waals surface area contributed by atoms with Gasteiger partial charge in [0.15, 0.2) is 0 Å². The molecule has 1 aliphatic rings. The Hall–Kier alpha value is -0.180. The van der Waals surface area contributed by atoms with Crippen LogP contribution in [0.5, 0.6) is 0 Å². The van der Waals surface area contributed by atoms with Crippen molar-refractivity contribution in [2.24, 2.45) is 0 Å². The molecule has 0 aromatic carbocycles. The van der Waals surface area contributed by atoms with Crippen LogP contribution >= 0.6 is 0 Å². The molecule has 0 atom stereocenters. The van der Waals surface area contributed by atoms with E-state index < -0.39 is 25.1 Å². The van der Waals surface area contributed by atoms with Crippen molar-refractivity contribution >= 4 is 19.9 Å². The number of rotatable bonds is 7. The van der Waals surface area contributed by atoms with Crippen LogP contribution in [0.3, 0.4) is 0 Å². The van der Waals surface area contributed by atoms with Crippen molar-refractivity contribution in [2.45, 2.75) is 44.4 Å². The molecule has 1 heterocycles. The number of hydrogen-bond acceptors (Lipinski definition) is 5. The molecule has 0 spiro atoms. The summed E-state index contributed by atoms with van der Waals surface area (Å²) in [6.07, 6.45) is 1.15. The van der Waals surface area contributed by atoms with Gasteiger partial charge in [-0.05, 0) is 25.8 Å². The van der Waals surface area contributed by atoms with Gasteiger partial charge in [-0.2, -0.15) is 0 Å². The first-order valence-corrected chi connectivity index (χ1v) is 10.0. The van der Waals surface area contributed by atoms with E-state index in [1.54, 1.807) is 0 Å². The average Bonchev–Trinajstić information content (AvgIpc) is 2.27. The van der Waals surface area contributed by atoms with Crippen molar-refractivity contribution in [3.8, 4) is 0 Å². The molecule has 0 aromatic rings. The number of hydrogen-bond donors (Lipinski definition) is 2. The molecule has 1 aliphatic heterocycles. The molecule has 0 bridgehead atoms. The smallest absolute Gasteiger partial charge is 0.214 e. The monoisotopic (exact) mass is 312 g/mol. The molecule has 8 heteroatoms. The van der Waals surface area contributed by atoms with E-state index in [9.17, 15) is 16.8 Å². The molecule has 0 radical (unpaired) electrons. The third-order valence-corrected chi connectivity index (χ3v) is 6.82. The molecule has 0 aromatic heterocycles. The normalized spacial score (nSPS) is 20.8. The molecule has 0 amide bonds. The van der Waals surface area contributed by atoms with Gasteiger partial charge in [-0.15, -0.1) is 0 Å². The molecule has 1 saturated heterocycles. The van der Waals surface area contributed by atoms with Gasteiger partial charge in [0.05, 0.1) is 16.8 Å². The first-order chi connectivity index (χ1) is 8.73. The highest BCUT2D eigenvalue weighted by Crippen LogP contribution is 2.18. The Morgan fingerprint density at radius 1 is 1.16 bits per heavy atom. The molecule has 19 heavy (non-hydrogen) atoms. The minimum atomic E-state index is -3.38. The molecule has 0 unspecified atom stereocenters. The Morgan fingerprint density at radius 2 is 1.74 bits per heavy atom. The summed E-state index contributed by atoms with van der Waals surface area (Å²) < 4.78 is 49.0. The van der Waals surface area contributed by atoms with Gasteiger partial charge in [-0.1, -0.05) is 13.8 Å². The maximum atomic E-state index is 12.0. The fourth-order valence-electron chi connectivity index (χ4n) is 1.99. The average molecular weight is 312 g/mol. The lowest BCUT2D eigenvalue weighted by molar-refractivity contribution is 0.534. The molecule has 0 saturated carbocycles. The highest BCUT2D eigenvalue weighted by atomic mass is 32.2. The van der Waals surface area contributed by atoms with E-state index in [1.807, 2.05) is 13.8 Å². The number of sulfonamides is 1. The molecule has 0 aliphatic carbocycles. The Kier molecular flexibility index (Phi) is 6.22. The lowest BCUT2D eigenvalue weighted by Gasteiger charge is -2.22. The van der Waals surface area contributed by atoms with Crippen molar-refractivity contribution in [1.82, 2.24) is 10.0 Å². The van der Waals surface area contributed by atoms with Gasteiger partial charge in [0.2, 0.25) is 10.0 Å². The number of sulfone groups is 1. The summed E-state index contributed by atoms with van der Waals surface area (Å²) >= 11 is 0. The zero-order valence-corrected chi connectivity index (χ0v) is 13.2. The third kappa shape index (κ3) is 6.20. The lowest BCUT2D eigenvalue weighted by atomic mass is 10.2. The minimum Gasteiger partial charge on any atom is -0.314 e. The van der Waals surface area contributed by atoms with E-state index in [4.69, 9.17) is 0 Å². The molecule has 1 rings (SSSR count). The van der Waals surface area contributed by atoms with Crippen molar-refractivity contribution < 1.29 is 16.8 Å². The summed E-state index contributed by atoms with van der Waals surface area (Å²) in [5, 5.41) is 2.65. The van der Waals surface area contributed by atoms with Gasteiger partial charge in [0, 0.05) is 12.6 Å². The van der Waals surface area contributed by atoms with Crippen LogP contribution in [0, 0.1) is 0 Å². The van der Waals surface area contributed by atoms with Crippen LogP contribution < -0.4 is 10.0 Å². The molecule has 6 nitrogen and oxygen atoms in total. The van der Waals surface area contributed by atoms with E-state index in [0.29, 0.717) is 12.6 Å². The predicted octanol–water partition coefficient (Wildman–Crippen LogP) is -0.129. The van der Waals surface area contributed by atoms with E-state index in [0.717, 1.165) is 13.0 Å². The van der Waals surface area contributed by atoms with Crippen LogP contribution in [0.4, 0.5) is 0 Å². The Bertz CT molecular complexity index is 457. The maximum Gasteiger partial charge on any atom is 0.214 e. The quantitative estimate of drug-likeness (QED) is 0.639. The van der Waals surface area contributed by atoms with Gasteiger partial charge in [0.25, 0.3) is 0 Å². The van der Waals surface area contributed by atoms with Crippen molar-refractivity contribution in [1.29, 1.82) is 0 Å². The summed E-state index contributed by atoms with van der Waals surface area (Å²) in [6.45, 7) is 5.23. The zero-order chi connectivity index (χ0) is 14.5. The highest BCUT2D eigenvalue weighted by molar-refractivity contribution is 7.92. The SMILES string of the molecule is CC(C)NCCCNS(=O)(=O)C1CCS(=O)(=O)CC1. The largest absolute Gasteiger partial charge is 0.314 e. The molecule has 2 N–H and O–H groups in total. The topological polar surface area (TPSA) is 92.3 Å². The summed E-state index contributed by atoms with van der Waals surface area (Å²) in [5.41, 5.74) is 0. The van der Waals surface area contributed by atoms with Gasteiger partial charge >= 0.3 is 0 Å². The van der Waals surface area contributed by atoms with Crippen molar-refractivity contribution in [3.05, 3.63) is 0 Å². The summed E-state index contributed by atoms with van der Waals surface area (Å²) in [5.74, 6) is -0.0407. The van der Waals surface area contributed by atoms with Crippen LogP contribution in [-0.4, -0.2) is 52.7 Å². The van der Waals surface area contributed by atoms with E-state index in [1.165, 1.54) is 0 Å². The fourth-order valence-corrected chi connectivity index (χ4v) is 5.30. The first kappa shape index (κ1) is 16.9. The standard InChI is InChI=1S/C11H24N2O4S2/c1-10(2)12-6-3-7-13-19(16,17)11-4-8-18(14,15)9-5-11/h10-13H,3-9H2,1-2H3. The second-order valence-electron chi connectivity index (χ2n) is 5.25. The highest BCUT2D eigenvalue weighted by Gasteiger charge is 2.32. The van der Waals surface area contributed by atoms with Crippen molar-refractivity contribution in [3.63, 3.8) is 0 Å². The molecule has 114 valence electrons. The second-order valence-corrected chi connectivity index (χ2v) is 9.60. The molecule has 1 fully saturated rings. The fraction of sp³-hybridized carbons (Fsp3) is 1.00. The third-order valence-electron chi connectivity index (χ3n) is 3.15. The van der Waals surface area contributed by atoms with Crippen LogP contribution in [-0.2, 0) is 19.9 Å². The minimum absolute atomic E-state index is 0.0204. The second kappa shape index (κ2) is 7.01. The maximum absolute atomic E-state index is 12.0. The zero-order valence-electron chi connectivity index (χ0n) is 11.6. The van der Waals surface area contributed by atoms with Crippen LogP contribution in [0.1, 0.15) is 33.1 Å². The van der Waals surface area contributed by atoms with E-state index >= 15 is 0 Å². The Labute approximate surface area is 116 Å². The summed E-state index contributed by atoms with van der Waals surface area (Å²) in [7, 11) is -6.39. The summed E-state index contributed by atoms with van der Waals surface area (Å²) in [6, 6.07) is 0.389. The predicted molar refractivity (Wildman–Crippen MR) is 76.4 cm³/mol.